The Bertz CT molecular complexity index is 897. The fourth-order valence-electron chi connectivity index (χ4n) is 2.34. The van der Waals surface area contributed by atoms with Gasteiger partial charge in [0, 0.05) is 33.2 Å². The van der Waals surface area contributed by atoms with Gasteiger partial charge in [0.25, 0.3) is 0 Å². The molecule has 25 heavy (non-hydrogen) atoms. The number of aliphatic hydroxyl groups is 1. The second kappa shape index (κ2) is 9.16. The third-order valence-corrected chi connectivity index (χ3v) is 3.34. The molecule has 0 saturated heterocycles. The number of aliphatic hydroxyl groups excluding tert-OH is 1. The summed E-state index contributed by atoms with van der Waals surface area (Å²) in [4.78, 5) is 14.6. The number of ketones is 1. The molecule has 1 heterocycles. The molecule has 3 rings (SSSR count). The summed E-state index contributed by atoms with van der Waals surface area (Å²) in [6, 6.07) is 15.2. The molecular weight excluding hydrogens is 496 g/mol. The van der Waals surface area contributed by atoms with Gasteiger partial charge in [0.05, 0.1) is 22.4 Å². The van der Waals surface area contributed by atoms with Gasteiger partial charge in [-0.1, -0.05) is 24.3 Å². The number of aromatic hydroxyl groups is 1. The van der Waals surface area contributed by atoms with Crippen molar-refractivity contribution in [1.29, 1.82) is 0 Å². The number of aromatic nitrogens is 2. The minimum absolute atomic E-state index is 0. The average Bonchev–Trinajstić information content (AvgIpc) is 2.84. The Labute approximate surface area is 160 Å². The summed E-state index contributed by atoms with van der Waals surface area (Å²) in [5.41, 5.74) is 2.75. The SMILES string of the molecule is CC(=O)/C=C(/C)O.Cn1c(-c2ccccc2O)nc2ccccc21.[Ir]. The number of rotatable bonds is 2. The van der Waals surface area contributed by atoms with Crippen molar-refractivity contribution >= 4 is 16.8 Å². The van der Waals surface area contributed by atoms with Crippen LogP contribution in [0, 0.1) is 0 Å². The van der Waals surface area contributed by atoms with Crippen LogP contribution in [0.3, 0.4) is 0 Å². The topological polar surface area (TPSA) is 75.3 Å². The van der Waals surface area contributed by atoms with Crippen molar-refractivity contribution in [2.24, 2.45) is 7.05 Å². The number of carbonyl (C=O) groups is 1. The molecule has 0 aliphatic heterocycles. The van der Waals surface area contributed by atoms with E-state index < -0.39 is 0 Å². The summed E-state index contributed by atoms with van der Waals surface area (Å²) in [6.07, 6.45) is 1.17. The van der Waals surface area contributed by atoms with Crippen molar-refractivity contribution < 1.29 is 35.1 Å². The quantitative estimate of drug-likeness (QED) is 0.399. The van der Waals surface area contributed by atoms with E-state index >= 15 is 0 Å². The van der Waals surface area contributed by atoms with E-state index in [9.17, 15) is 9.90 Å². The number of phenolic OH excluding ortho intramolecular Hbond substituents is 1. The molecule has 0 amide bonds. The first-order valence-corrected chi connectivity index (χ1v) is 7.48. The van der Waals surface area contributed by atoms with Gasteiger partial charge in [0.1, 0.15) is 11.6 Å². The first-order chi connectivity index (χ1) is 11.4. The van der Waals surface area contributed by atoms with Crippen LogP contribution in [-0.2, 0) is 31.9 Å². The predicted octanol–water partition coefficient (Wildman–Crippen LogP) is 3.98. The van der Waals surface area contributed by atoms with Crippen LogP contribution in [-0.4, -0.2) is 25.5 Å². The van der Waals surface area contributed by atoms with Crippen LogP contribution in [0.25, 0.3) is 22.4 Å². The van der Waals surface area contributed by atoms with E-state index in [4.69, 9.17) is 5.11 Å². The number of benzene rings is 2. The second-order valence-corrected chi connectivity index (χ2v) is 5.40. The maximum atomic E-state index is 10.0. The molecule has 0 saturated carbocycles. The van der Waals surface area contributed by atoms with Crippen molar-refractivity contribution in [2.45, 2.75) is 13.8 Å². The number of para-hydroxylation sites is 3. The summed E-state index contributed by atoms with van der Waals surface area (Å²) < 4.78 is 1.99. The number of fused-ring (bicyclic) bond motifs is 1. The van der Waals surface area contributed by atoms with E-state index in [-0.39, 0.29) is 37.4 Å². The van der Waals surface area contributed by atoms with Crippen LogP contribution < -0.4 is 0 Å². The van der Waals surface area contributed by atoms with Crippen LogP contribution in [0.2, 0.25) is 0 Å². The van der Waals surface area contributed by atoms with E-state index in [0.717, 1.165) is 22.4 Å². The van der Waals surface area contributed by atoms with E-state index in [1.54, 1.807) is 6.07 Å². The van der Waals surface area contributed by atoms with E-state index in [0.29, 0.717) is 0 Å². The fourth-order valence-corrected chi connectivity index (χ4v) is 2.34. The average molecular weight is 517 g/mol. The smallest absolute Gasteiger partial charge is 0.155 e. The van der Waals surface area contributed by atoms with Crippen molar-refractivity contribution in [2.75, 3.05) is 0 Å². The molecule has 0 spiro atoms. The second-order valence-electron chi connectivity index (χ2n) is 5.40. The first-order valence-electron chi connectivity index (χ1n) is 7.48. The predicted molar refractivity (Wildman–Crippen MR) is 94.9 cm³/mol. The molecule has 133 valence electrons. The normalized spacial score (nSPS) is 10.6. The Hall–Kier alpha value is -2.43. The molecule has 0 fully saturated rings. The molecule has 0 atom stereocenters. The molecule has 3 aromatic rings. The van der Waals surface area contributed by atoms with Crippen LogP contribution in [0.5, 0.6) is 5.75 Å². The molecular formula is C19H20IrN2O3. The van der Waals surface area contributed by atoms with Crippen LogP contribution >= 0.6 is 0 Å². The van der Waals surface area contributed by atoms with Gasteiger partial charge >= 0.3 is 0 Å². The maximum Gasteiger partial charge on any atom is 0.155 e. The molecule has 0 aliphatic carbocycles. The minimum atomic E-state index is -0.125. The number of allylic oxidation sites excluding steroid dienone is 2. The Morgan fingerprint density at radius 2 is 1.68 bits per heavy atom. The number of aryl methyl sites for hydroxylation is 1. The van der Waals surface area contributed by atoms with Crippen LogP contribution in [0.4, 0.5) is 0 Å². The zero-order valence-corrected chi connectivity index (χ0v) is 16.6. The van der Waals surface area contributed by atoms with Crippen molar-refractivity contribution in [3.63, 3.8) is 0 Å². The Morgan fingerprint density at radius 1 is 1.08 bits per heavy atom. The van der Waals surface area contributed by atoms with Crippen LogP contribution in [0.1, 0.15) is 13.8 Å². The van der Waals surface area contributed by atoms with Gasteiger partial charge in [-0.2, -0.15) is 0 Å². The zero-order chi connectivity index (χ0) is 17.7. The Kier molecular flexibility index (Phi) is 7.55. The van der Waals surface area contributed by atoms with Gasteiger partial charge in [-0.25, -0.2) is 4.98 Å². The summed E-state index contributed by atoms with van der Waals surface area (Å²) in [6.45, 7) is 2.85. The Morgan fingerprint density at radius 3 is 2.20 bits per heavy atom. The molecule has 1 radical (unpaired) electrons. The molecule has 6 heteroatoms. The van der Waals surface area contributed by atoms with Crippen LogP contribution in [0.15, 0.2) is 60.4 Å². The molecule has 2 aromatic carbocycles. The number of phenols is 1. The third-order valence-electron chi connectivity index (χ3n) is 3.34. The van der Waals surface area contributed by atoms with Gasteiger partial charge < -0.3 is 14.8 Å². The monoisotopic (exact) mass is 517 g/mol. The number of carbonyl (C=O) groups excluding carboxylic acids is 1. The van der Waals surface area contributed by atoms with E-state index in [2.05, 4.69) is 4.98 Å². The largest absolute Gasteiger partial charge is 0.512 e. The standard InChI is InChI=1S/C14H12N2O.C5H8O2.Ir/c1-16-12-8-4-3-7-11(12)15-14(16)10-6-2-5-9-13(10)17;1-4(6)3-5(2)7;/h2-9,17H,1H3;3,6H,1-2H3;/b;4-3-;. The molecule has 0 unspecified atom stereocenters. The van der Waals surface area contributed by atoms with Gasteiger partial charge in [0.2, 0.25) is 0 Å². The Balaban J connectivity index is 0.000000339. The van der Waals surface area contributed by atoms with Gasteiger partial charge in [-0.3, -0.25) is 4.79 Å². The summed E-state index contributed by atoms with van der Waals surface area (Å²) in [5.74, 6) is 0.975. The van der Waals surface area contributed by atoms with Crippen molar-refractivity contribution in [1.82, 2.24) is 9.55 Å². The maximum absolute atomic E-state index is 10.0. The van der Waals surface area contributed by atoms with Crippen molar-refractivity contribution in [3.8, 4) is 17.1 Å². The zero-order valence-electron chi connectivity index (χ0n) is 14.2. The fraction of sp³-hybridized carbons (Fsp3) is 0.158. The van der Waals surface area contributed by atoms with Gasteiger partial charge in [0.15, 0.2) is 5.78 Å². The molecule has 5 nitrogen and oxygen atoms in total. The number of hydrogen-bond acceptors (Lipinski definition) is 4. The summed E-state index contributed by atoms with van der Waals surface area (Å²) in [5, 5.41) is 18.2. The summed E-state index contributed by atoms with van der Waals surface area (Å²) in [7, 11) is 1.96. The summed E-state index contributed by atoms with van der Waals surface area (Å²) >= 11 is 0. The number of nitrogens with zero attached hydrogens (tertiary/aromatic N) is 2. The van der Waals surface area contributed by atoms with E-state index in [1.807, 2.05) is 54.1 Å². The van der Waals surface area contributed by atoms with Crippen molar-refractivity contribution in [3.05, 3.63) is 60.4 Å². The van der Waals surface area contributed by atoms with Gasteiger partial charge in [-0.15, -0.1) is 0 Å². The van der Waals surface area contributed by atoms with Gasteiger partial charge in [-0.05, 0) is 38.1 Å². The molecule has 2 N–H and O–H groups in total. The minimum Gasteiger partial charge on any atom is -0.512 e. The first kappa shape index (κ1) is 20.6. The third kappa shape index (κ3) is 5.28. The molecule has 1 aromatic heterocycles. The number of imidazole rings is 1. The molecule has 0 aliphatic rings. The number of hydrogen-bond donors (Lipinski definition) is 2. The molecule has 0 bridgehead atoms. The van der Waals surface area contributed by atoms with E-state index in [1.165, 1.54) is 19.9 Å².